The second kappa shape index (κ2) is 5.89. The monoisotopic (exact) mass is 246 g/mol. The smallest absolute Gasteiger partial charge is 0.337 e. The lowest BCUT2D eigenvalue weighted by Gasteiger charge is -1.99. The number of aromatic carboxylic acids is 1. The van der Waals surface area contributed by atoms with Crippen LogP contribution < -0.4 is 0 Å². The summed E-state index contributed by atoms with van der Waals surface area (Å²) in [5.74, 6) is 3.38. The molecule has 0 unspecified atom stereocenters. The number of hydrogen-bond donors (Lipinski definition) is 1. The van der Waals surface area contributed by atoms with Gasteiger partial charge in [-0.05, 0) is 11.6 Å². The van der Waals surface area contributed by atoms with Gasteiger partial charge in [0.1, 0.15) is 5.56 Å². The van der Waals surface area contributed by atoms with Crippen LogP contribution in [0.15, 0.2) is 23.3 Å². The van der Waals surface area contributed by atoms with Crippen LogP contribution in [0.25, 0.3) is 10.4 Å². The van der Waals surface area contributed by atoms with Crippen LogP contribution >= 0.6 is 0 Å². The van der Waals surface area contributed by atoms with E-state index < -0.39 is 16.6 Å². The molecule has 0 bridgehead atoms. The van der Waals surface area contributed by atoms with Gasteiger partial charge < -0.3 is 5.11 Å². The molecular formula is C10H6N4O4. The van der Waals surface area contributed by atoms with Gasteiger partial charge >= 0.3 is 5.97 Å². The van der Waals surface area contributed by atoms with Gasteiger partial charge in [0, 0.05) is 11.0 Å². The number of hydrogen-bond acceptors (Lipinski definition) is 4. The number of carboxylic acid groups (broad SMARTS) is 1. The molecule has 0 radical (unpaired) electrons. The largest absolute Gasteiger partial charge is 0.478 e. The Labute approximate surface area is 101 Å². The van der Waals surface area contributed by atoms with Crippen molar-refractivity contribution in [3.8, 4) is 11.8 Å². The third-order valence-corrected chi connectivity index (χ3v) is 1.90. The fourth-order valence-corrected chi connectivity index (χ4v) is 1.20. The number of carboxylic acids is 1. The number of nitro groups is 1. The number of benzene rings is 1. The Bertz CT molecular complexity index is 576. The first-order chi connectivity index (χ1) is 8.57. The molecule has 0 aliphatic carbocycles. The zero-order valence-corrected chi connectivity index (χ0v) is 8.90. The van der Waals surface area contributed by atoms with Gasteiger partial charge in [0.2, 0.25) is 0 Å². The van der Waals surface area contributed by atoms with Gasteiger partial charge in [-0.2, -0.15) is 0 Å². The van der Waals surface area contributed by atoms with Crippen LogP contribution in [0, 0.1) is 22.0 Å². The van der Waals surface area contributed by atoms with Gasteiger partial charge in [-0.3, -0.25) is 10.1 Å². The minimum absolute atomic E-state index is 0.193. The summed E-state index contributed by atoms with van der Waals surface area (Å²) in [6.45, 7) is -0.193. The lowest BCUT2D eigenvalue weighted by atomic mass is 10.1. The molecule has 90 valence electrons. The highest BCUT2D eigenvalue weighted by atomic mass is 16.6. The standard InChI is InChI=1S/C10H6N4O4/c11-13-12-6-2-4-7-8(10(15)16)3-1-5-9(7)14(17)18/h1,3,5H,6H2,(H,15,16). The van der Waals surface area contributed by atoms with Crippen LogP contribution in [0.1, 0.15) is 15.9 Å². The van der Waals surface area contributed by atoms with Crippen LogP contribution in [0.4, 0.5) is 5.69 Å². The molecule has 0 saturated carbocycles. The van der Waals surface area contributed by atoms with E-state index in [1.54, 1.807) is 0 Å². The Hall–Kier alpha value is -3.04. The van der Waals surface area contributed by atoms with Crippen molar-refractivity contribution in [1.29, 1.82) is 0 Å². The van der Waals surface area contributed by atoms with Crippen LogP contribution in [0.5, 0.6) is 0 Å². The van der Waals surface area contributed by atoms with E-state index in [4.69, 9.17) is 10.6 Å². The maximum atomic E-state index is 10.9. The molecule has 0 aliphatic rings. The molecule has 0 fully saturated rings. The van der Waals surface area contributed by atoms with Crippen LogP contribution in [0.3, 0.4) is 0 Å². The second-order valence-corrected chi connectivity index (χ2v) is 2.95. The van der Waals surface area contributed by atoms with Crippen molar-refractivity contribution >= 4 is 11.7 Å². The molecule has 1 aromatic rings. The SMILES string of the molecule is [N-]=[N+]=NCC#Cc1c(C(=O)O)cccc1[N+](=O)[O-]. The molecule has 0 spiro atoms. The molecule has 8 heteroatoms. The highest BCUT2D eigenvalue weighted by molar-refractivity contribution is 5.92. The number of nitro benzene ring substituents is 1. The molecule has 0 aliphatic heterocycles. The molecule has 0 amide bonds. The Morgan fingerprint density at radius 1 is 1.61 bits per heavy atom. The lowest BCUT2D eigenvalue weighted by Crippen LogP contribution is -2.03. The van der Waals surface area contributed by atoms with Gasteiger partial charge in [-0.1, -0.05) is 23.0 Å². The number of rotatable bonds is 3. The predicted octanol–water partition coefficient (Wildman–Crippen LogP) is 1.95. The van der Waals surface area contributed by atoms with Gasteiger partial charge in [-0.15, -0.1) is 0 Å². The van der Waals surface area contributed by atoms with E-state index in [2.05, 4.69) is 21.9 Å². The average Bonchev–Trinajstić information content (AvgIpc) is 2.34. The fraction of sp³-hybridized carbons (Fsp3) is 0.100. The first-order valence-corrected chi connectivity index (χ1v) is 4.58. The van der Waals surface area contributed by atoms with Gasteiger partial charge in [0.15, 0.2) is 0 Å². The summed E-state index contributed by atoms with van der Waals surface area (Å²) >= 11 is 0. The normalized spacial score (nSPS) is 8.67. The van der Waals surface area contributed by atoms with Crippen molar-refractivity contribution in [3.05, 3.63) is 49.9 Å². The maximum absolute atomic E-state index is 10.9. The van der Waals surface area contributed by atoms with Crippen molar-refractivity contribution in [2.24, 2.45) is 5.11 Å². The maximum Gasteiger partial charge on any atom is 0.337 e. The summed E-state index contributed by atoms with van der Waals surface area (Å²) in [6.07, 6.45) is 0. The predicted molar refractivity (Wildman–Crippen MR) is 60.9 cm³/mol. The van der Waals surface area contributed by atoms with E-state index in [0.29, 0.717) is 0 Å². The summed E-state index contributed by atoms with van der Waals surface area (Å²) in [4.78, 5) is 23.4. The highest BCUT2D eigenvalue weighted by Crippen LogP contribution is 2.21. The zero-order valence-electron chi connectivity index (χ0n) is 8.90. The summed E-state index contributed by atoms with van der Waals surface area (Å²) in [5, 5.41) is 22.8. The third-order valence-electron chi connectivity index (χ3n) is 1.90. The van der Waals surface area contributed by atoms with Crippen molar-refractivity contribution in [1.82, 2.24) is 0 Å². The van der Waals surface area contributed by atoms with E-state index in [0.717, 1.165) is 6.07 Å². The van der Waals surface area contributed by atoms with E-state index in [-0.39, 0.29) is 17.7 Å². The molecule has 18 heavy (non-hydrogen) atoms. The van der Waals surface area contributed by atoms with Crippen molar-refractivity contribution < 1.29 is 14.8 Å². The van der Waals surface area contributed by atoms with Crippen molar-refractivity contribution in [3.63, 3.8) is 0 Å². The second-order valence-electron chi connectivity index (χ2n) is 2.95. The Balaban J connectivity index is 3.34. The van der Waals surface area contributed by atoms with Crippen LogP contribution in [0.2, 0.25) is 0 Å². The fourth-order valence-electron chi connectivity index (χ4n) is 1.20. The van der Waals surface area contributed by atoms with Crippen molar-refractivity contribution in [2.75, 3.05) is 6.54 Å². The number of nitrogens with zero attached hydrogens (tertiary/aromatic N) is 4. The highest BCUT2D eigenvalue weighted by Gasteiger charge is 2.19. The summed E-state index contributed by atoms with van der Waals surface area (Å²) < 4.78 is 0. The molecule has 1 N–H and O–H groups in total. The van der Waals surface area contributed by atoms with E-state index in [1.807, 2.05) is 0 Å². The van der Waals surface area contributed by atoms with Crippen molar-refractivity contribution in [2.45, 2.75) is 0 Å². The molecular weight excluding hydrogens is 240 g/mol. The van der Waals surface area contributed by atoms with Crippen LogP contribution in [-0.2, 0) is 0 Å². The average molecular weight is 246 g/mol. The molecule has 1 aromatic carbocycles. The summed E-state index contributed by atoms with van der Waals surface area (Å²) in [6, 6.07) is 3.64. The lowest BCUT2D eigenvalue weighted by molar-refractivity contribution is -0.385. The summed E-state index contributed by atoms with van der Waals surface area (Å²) in [5.41, 5.74) is 7.17. The molecule has 0 heterocycles. The molecule has 1 rings (SSSR count). The van der Waals surface area contributed by atoms with E-state index in [9.17, 15) is 14.9 Å². The number of azide groups is 1. The van der Waals surface area contributed by atoms with Gasteiger partial charge in [-0.25, -0.2) is 4.79 Å². The quantitative estimate of drug-likeness (QED) is 0.218. The first-order valence-electron chi connectivity index (χ1n) is 4.58. The number of carbonyl (C=O) groups is 1. The van der Waals surface area contributed by atoms with Gasteiger partial charge in [0.25, 0.3) is 5.69 Å². The van der Waals surface area contributed by atoms with Crippen LogP contribution in [-0.4, -0.2) is 22.5 Å². The molecule has 0 saturated heterocycles. The zero-order chi connectivity index (χ0) is 13.5. The van der Waals surface area contributed by atoms with E-state index >= 15 is 0 Å². The van der Waals surface area contributed by atoms with Gasteiger partial charge in [0.05, 0.1) is 17.0 Å². The Morgan fingerprint density at radius 3 is 2.89 bits per heavy atom. The first kappa shape index (κ1) is 13.0. The Morgan fingerprint density at radius 2 is 2.33 bits per heavy atom. The summed E-state index contributed by atoms with van der Waals surface area (Å²) in [7, 11) is 0. The molecule has 8 nitrogen and oxygen atoms in total. The van der Waals surface area contributed by atoms with E-state index in [1.165, 1.54) is 12.1 Å². The topological polar surface area (TPSA) is 129 Å². The molecule has 0 atom stereocenters. The molecule has 0 aromatic heterocycles. The third kappa shape index (κ3) is 2.98. The minimum atomic E-state index is -1.31. The minimum Gasteiger partial charge on any atom is -0.478 e. The Kier molecular flexibility index (Phi) is 4.26.